The van der Waals surface area contributed by atoms with E-state index < -0.39 is 17.0 Å². The van der Waals surface area contributed by atoms with Gasteiger partial charge in [-0.1, -0.05) is 61.0 Å². The molecule has 1 aliphatic heterocycles. The number of carbonyl (C=O) groups is 2. The molecule has 7 nitrogen and oxygen atoms in total. The quantitative estimate of drug-likeness (QED) is 0.329. The highest BCUT2D eigenvalue weighted by atomic mass is 16.6. The summed E-state index contributed by atoms with van der Waals surface area (Å²) in [6.45, 7) is 8.55. The van der Waals surface area contributed by atoms with Crippen LogP contribution in [0.1, 0.15) is 81.9 Å². The number of likely N-dealkylation sites (tertiary alicyclic amines) is 1. The summed E-state index contributed by atoms with van der Waals surface area (Å²) in [6, 6.07) is 19.5. The molecule has 0 spiro atoms. The Morgan fingerprint density at radius 2 is 1.71 bits per heavy atom. The first kappa shape index (κ1) is 30.6. The van der Waals surface area contributed by atoms with Crippen LogP contribution < -0.4 is 0 Å². The first-order valence-corrected chi connectivity index (χ1v) is 15.7. The second-order valence-corrected chi connectivity index (χ2v) is 13.9. The van der Waals surface area contributed by atoms with Crippen molar-refractivity contribution in [2.75, 3.05) is 26.8 Å². The molecule has 1 heterocycles. The van der Waals surface area contributed by atoms with Crippen molar-refractivity contribution < 1.29 is 24.2 Å². The normalized spacial score (nSPS) is 25.3. The van der Waals surface area contributed by atoms with Crippen LogP contribution in [0.4, 0.5) is 4.79 Å². The predicted octanol–water partition coefficient (Wildman–Crippen LogP) is 6.50. The van der Waals surface area contributed by atoms with Crippen LogP contribution in [0, 0.1) is 11.3 Å². The Bertz CT molecular complexity index is 1200. The van der Waals surface area contributed by atoms with Gasteiger partial charge in [0.25, 0.3) is 0 Å². The van der Waals surface area contributed by atoms with Crippen molar-refractivity contribution in [1.82, 2.24) is 9.80 Å². The van der Waals surface area contributed by atoms with Gasteiger partial charge in [0.05, 0.1) is 5.41 Å². The first-order valence-electron chi connectivity index (χ1n) is 15.7. The highest BCUT2D eigenvalue weighted by Crippen LogP contribution is 2.46. The number of ether oxygens (including phenoxy) is 2. The summed E-state index contributed by atoms with van der Waals surface area (Å²) in [5.41, 5.74) is 2.45. The fourth-order valence-corrected chi connectivity index (χ4v) is 6.89. The van der Waals surface area contributed by atoms with Gasteiger partial charge in [0, 0.05) is 44.8 Å². The molecule has 5 rings (SSSR count). The van der Waals surface area contributed by atoms with Crippen LogP contribution in [-0.2, 0) is 27.2 Å². The third kappa shape index (κ3) is 7.35. The van der Waals surface area contributed by atoms with E-state index in [9.17, 15) is 14.7 Å². The molecular formula is C35H48N2O5. The zero-order valence-electron chi connectivity index (χ0n) is 25.8. The van der Waals surface area contributed by atoms with E-state index in [1.165, 1.54) is 11.1 Å². The number of carboxylic acids is 1. The van der Waals surface area contributed by atoms with Gasteiger partial charge in [0.15, 0.2) is 0 Å². The van der Waals surface area contributed by atoms with Crippen molar-refractivity contribution in [2.24, 2.45) is 11.3 Å². The second kappa shape index (κ2) is 12.8. The number of aliphatic carboxylic acids is 1. The fraction of sp³-hybridized carbons (Fsp3) is 0.600. The SMILES string of the molecule is COCC1CCN(CC2(C(=O)O)CCC2)C(Cc2ccc(CN(C(=O)OC(C)(C)C)[C@@H]3C[C@H]3c3ccccc3)cc2)C1. The van der Waals surface area contributed by atoms with E-state index >= 15 is 0 Å². The Morgan fingerprint density at radius 1 is 1.02 bits per heavy atom. The molecule has 0 radical (unpaired) electrons. The third-order valence-corrected chi connectivity index (χ3v) is 9.48. The molecule has 0 aromatic heterocycles. The van der Waals surface area contributed by atoms with Crippen molar-refractivity contribution in [3.8, 4) is 0 Å². The number of hydrogen-bond acceptors (Lipinski definition) is 5. The minimum atomic E-state index is -0.643. The van der Waals surface area contributed by atoms with Crippen LogP contribution in [-0.4, -0.2) is 71.5 Å². The van der Waals surface area contributed by atoms with Crippen molar-refractivity contribution in [3.63, 3.8) is 0 Å². The van der Waals surface area contributed by atoms with Crippen LogP contribution in [0.2, 0.25) is 0 Å². The Morgan fingerprint density at radius 3 is 2.31 bits per heavy atom. The van der Waals surface area contributed by atoms with Gasteiger partial charge < -0.3 is 19.5 Å². The van der Waals surface area contributed by atoms with E-state index in [2.05, 4.69) is 53.4 Å². The molecule has 2 aromatic carbocycles. The topological polar surface area (TPSA) is 79.3 Å². The summed E-state index contributed by atoms with van der Waals surface area (Å²) in [6.07, 6.45) is 6.19. The summed E-state index contributed by atoms with van der Waals surface area (Å²) in [5.74, 6) is 0.187. The average Bonchev–Trinajstić information content (AvgIpc) is 3.71. The zero-order valence-corrected chi connectivity index (χ0v) is 25.8. The van der Waals surface area contributed by atoms with Crippen LogP contribution in [0.5, 0.6) is 0 Å². The van der Waals surface area contributed by atoms with E-state index in [0.29, 0.717) is 24.9 Å². The molecule has 1 saturated heterocycles. The molecule has 2 aromatic rings. The van der Waals surface area contributed by atoms with Crippen LogP contribution in [0.3, 0.4) is 0 Å². The number of benzene rings is 2. The van der Waals surface area contributed by atoms with Crippen molar-refractivity contribution in [2.45, 2.75) is 95.9 Å². The number of amides is 1. The summed E-state index contributed by atoms with van der Waals surface area (Å²) in [4.78, 5) is 29.8. The van der Waals surface area contributed by atoms with Crippen molar-refractivity contribution in [1.29, 1.82) is 0 Å². The molecule has 1 N–H and O–H groups in total. The Labute approximate surface area is 251 Å². The van der Waals surface area contributed by atoms with Gasteiger partial charge in [-0.25, -0.2) is 4.79 Å². The van der Waals surface area contributed by atoms with Gasteiger partial charge in [0.2, 0.25) is 0 Å². The van der Waals surface area contributed by atoms with Crippen LogP contribution in [0.25, 0.3) is 0 Å². The summed E-state index contributed by atoms with van der Waals surface area (Å²) >= 11 is 0. The molecule has 2 aliphatic carbocycles. The average molecular weight is 577 g/mol. The molecule has 3 aliphatic rings. The monoisotopic (exact) mass is 576 g/mol. The van der Waals surface area contributed by atoms with Gasteiger partial charge in [0.1, 0.15) is 5.60 Å². The largest absolute Gasteiger partial charge is 0.481 e. The van der Waals surface area contributed by atoms with E-state index in [-0.39, 0.29) is 18.2 Å². The molecule has 0 bridgehead atoms. The Balaban J connectivity index is 1.27. The van der Waals surface area contributed by atoms with Crippen molar-refractivity contribution in [3.05, 3.63) is 71.3 Å². The zero-order chi connectivity index (χ0) is 29.9. The maximum Gasteiger partial charge on any atom is 0.410 e. The minimum Gasteiger partial charge on any atom is -0.481 e. The highest BCUT2D eigenvalue weighted by molar-refractivity contribution is 5.76. The van der Waals surface area contributed by atoms with E-state index in [1.807, 2.05) is 31.7 Å². The van der Waals surface area contributed by atoms with E-state index in [1.54, 1.807) is 7.11 Å². The lowest BCUT2D eigenvalue weighted by Gasteiger charge is -2.47. The minimum absolute atomic E-state index is 0.128. The van der Waals surface area contributed by atoms with E-state index in [4.69, 9.17) is 9.47 Å². The number of hydrogen-bond donors (Lipinski definition) is 1. The predicted molar refractivity (Wildman–Crippen MR) is 163 cm³/mol. The van der Waals surface area contributed by atoms with Crippen LogP contribution >= 0.6 is 0 Å². The molecule has 7 heteroatoms. The Kier molecular flexibility index (Phi) is 9.28. The summed E-state index contributed by atoms with van der Waals surface area (Å²) in [7, 11) is 1.76. The van der Waals surface area contributed by atoms with Gasteiger partial charge in [-0.2, -0.15) is 0 Å². The number of methoxy groups -OCH3 is 1. The fourth-order valence-electron chi connectivity index (χ4n) is 6.89. The number of rotatable bonds is 11. The van der Waals surface area contributed by atoms with Crippen LogP contribution in [0.15, 0.2) is 54.6 Å². The molecule has 42 heavy (non-hydrogen) atoms. The lowest BCUT2D eigenvalue weighted by atomic mass is 9.68. The van der Waals surface area contributed by atoms with Gasteiger partial charge in [-0.15, -0.1) is 0 Å². The Hall–Kier alpha value is -2.90. The van der Waals surface area contributed by atoms with Gasteiger partial charge in [-0.3, -0.25) is 9.69 Å². The molecule has 4 atom stereocenters. The third-order valence-electron chi connectivity index (χ3n) is 9.48. The molecule has 2 unspecified atom stereocenters. The molecule has 2 saturated carbocycles. The first-order chi connectivity index (χ1) is 20.1. The molecule has 228 valence electrons. The number of carbonyl (C=O) groups excluding carboxylic acids is 1. The molecule has 3 fully saturated rings. The summed E-state index contributed by atoms with van der Waals surface area (Å²) < 4.78 is 11.3. The highest BCUT2D eigenvalue weighted by Gasteiger charge is 2.47. The maximum atomic E-state index is 13.3. The van der Waals surface area contributed by atoms with Gasteiger partial charge >= 0.3 is 12.1 Å². The molecular weight excluding hydrogens is 528 g/mol. The molecule has 1 amide bonds. The lowest BCUT2D eigenvalue weighted by Crippen LogP contribution is -2.53. The number of carboxylic acid groups (broad SMARTS) is 1. The second-order valence-electron chi connectivity index (χ2n) is 13.9. The lowest BCUT2D eigenvalue weighted by molar-refractivity contribution is -0.157. The van der Waals surface area contributed by atoms with Crippen molar-refractivity contribution >= 4 is 12.1 Å². The number of nitrogens with zero attached hydrogens (tertiary/aromatic N) is 2. The van der Waals surface area contributed by atoms with Gasteiger partial charge in [-0.05, 0) is 88.4 Å². The van der Waals surface area contributed by atoms with E-state index in [0.717, 1.165) is 63.7 Å². The smallest absolute Gasteiger partial charge is 0.410 e. The number of piperidine rings is 1. The standard InChI is InChI=1S/C35H48N2O5/c1-34(2,3)42-33(40)37(31-21-30(31)28-9-6-5-7-10-28)22-26-13-11-25(12-14-26)19-29-20-27(23-41-4)15-18-36(29)24-35(32(38)39)16-8-17-35/h5-7,9-14,27,29-31H,8,15-24H2,1-4H3,(H,38,39)/t27?,29?,30-,31+/m0/s1. The summed E-state index contributed by atoms with van der Waals surface area (Å²) in [5, 5.41) is 9.97. The maximum absolute atomic E-state index is 13.3.